The Bertz CT molecular complexity index is 1550. The lowest BCUT2D eigenvalue weighted by Crippen LogP contribution is -2.51. The van der Waals surface area contributed by atoms with Gasteiger partial charge in [-0.3, -0.25) is 19.2 Å². The van der Waals surface area contributed by atoms with E-state index in [1.807, 2.05) is 42.5 Å². The van der Waals surface area contributed by atoms with Gasteiger partial charge >= 0.3 is 0 Å². The first kappa shape index (κ1) is 28.8. The third kappa shape index (κ3) is 6.43. The number of benzene rings is 2. The maximum absolute atomic E-state index is 14.1. The van der Waals surface area contributed by atoms with Crippen molar-refractivity contribution in [3.8, 4) is 6.07 Å². The summed E-state index contributed by atoms with van der Waals surface area (Å²) in [6.07, 6.45) is 3.30. The summed E-state index contributed by atoms with van der Waals surface area (Å²) in [6.45, 7) is 2.16. The number of carbonyl (C=O) groups excluding carboxylic acids is 4. The molecule has 0 bridgehead atoms. The normalized spacial score (nSPS) is 18.5. The van der Waals surface area contributed by atoms with E-state index in [0.717, 1.165) is 29.2 Å². The van der Waals surface area contributed by atoms with Crippen LogP contribution in [0.4, 0.5) is 0 Å². The van der Waals surface area contributed by atoms with Crippen LogP contribution in [0, 0.1) is 30.1 Å². The number of amides is 4. The van der Waals surface area contributed by atoms with E-state index in [9.17, 15) is 24.4 Å². The molecule has 1 saturated heterocycles. The molecule has 3 aromatic rings. The van der Waals surface area contributed by atoms with Crippen molar-refractivity contribution in [2.45, 2.75) is 63.5 Å². The van der Waals surface area contributed by atoms with Crippen molar-refractivity contribution in [1.29, 1.82) is 5.26 Å². The number of aromatic nitrogens is 1. The van der Waals surface area contributed by atoms with E-state index < -0.39 is 35.7 Å². The second kappa shape index (κ2) is 12.4. The van der Waals surface area contributed by atoms with Crippen LogP contribution in [0.1, 0.15) is 65.4 Å². The van der Waals surface area contributed by atoms with Crippen molar-refractivity contribution in [3.63, 3.8) is 0 Å². The monoisotopic (exact) mass is 570 g/mol. The second-order valence-corrected chi connectivity index (χ2v) is 11.2. The van der Waals surface area contributed by atoms with Gasteiger partial charge in [-0.1, -0.05) is 60.5 Å². The van der Waals surface area contributed by atoms with Crippen molar-refractivity contribution in [2.24, 2.45) is 17.6 Å². The van der Waals surface area contributed by atoms with Crippen LogP contribution >= 0.6 is 0 Å². The molecular weight excluding hydrogens is 536 g/mol. The number of hydrogen-bond acceptors (Lipinski definition) is 7. The van der Waals surface area contributed by atoms with Gasteiger partial charge in [0, 0.05) is 18.0 Å². The van der Waals surface area contributed by atoms with Crippen molar-refractivity contribution in [1.82, 2.24) is 21.1 Å². The van der Waals surface area contributed by atoms with Crippen LogP contribution in [0.25, 0.3) is 10.8 Å². The third-order valence-electron chi connectivity index (χ3n) is 8.16. The molecular formula is C31H34N6O5. The molecule has 1 saturated carbocycles. The minimum Gasteiger partial charge on any atom is -0.364 e. The summed E-state index contributed by atoms with van der Waals surface area (Å²) in [6, 6.07) is 13.9. The SMILES string of the molecule is Cc1onc(C(N)=O)c1[C@H](Cc1cccc2ccccc12)C(=O)N[C@@H](CC1CC1)C(=O)N[C@H](C#N)C[C@@H]1CCNC1=O. The number of hydrogen-bond donors (Lipinski definition) is 4. The first-order valence-electron chi connectivity index (χ1n) is 14.3. The highest BCUT2D eigenvalue weighted by Gasteiger charge is 2.37. The van der Waals surface area contributed by atoms with E-state index in [-0.39, 0.29) is 47.6 Å². The molecule has 0 unspecified atom stereocenters. The number of fused-ring (bicyclic) bond motifs is 1. The minimum atomic E-state index is -0.937. The number of carbonyl (C=O) groups is 4. The van der Waals surface area contributed by atoms with Gasteiger partial charge in [0.2, 0.25) is 17.7 Å². The van der Waals surface area contributed by atoms with E-state index >= 15 is 0 Å². The van der Waals surface area contributed by atoms with Crippen LogP contribution in [-0.2, 0) is 20.8 Å². The number of primary amides is 1. The molecule has 1 aromatic heterocycles. The van der Waals surface area contributed by atoms with Gasteiger partial charge in [0.05, 0.1) is 12.0 Å². The smallest absolute Gasteiger partial charge is 0.271 e. The van der Waals surface area contributed by atoms with Gasteiger partial charge < -0.3 is 26.2 Å². The van der Waals surface area contributed by atoms with Crippen LogP contribution in [0.15, 0.2) is 47.0 Å². The number of nitrogens with two attached hydrogens (primary N) is 1. The van der Waals surface area contributed by atoms with Gasteiger partial charge in [-0.05, 0) is 54.9 Å². The van der Waals surface area contributed by atoms with Gasteiger partial charge in [-0.25, -0.2) is 0 Å². The predicted octanol–water partition coefficient (Wildman–Crippen LogP) is 2.38. The molecule has 42 heavy (non-hydrogen) atoms. The molecule has 218 valence electrons. The number of nitriles is 1. The molecule has 4 atom stereocenters. The average Bonchev–Trinajstić information content (AvgIpc) is 3.58. The Morgan fingerprint density at radius 3 is 2.55 bits per heavy atom. The Balaban J connectivity index is 1.42. The highest BCUT2D eigenvalue weighted by Crippen LogP contribution is 2.35. The molecule has 0 radical (unpaired) electrons. The summed E-state index contributed by atoms with van der Waals surface area (Å²) >= 11 is 0. The molecule has 0 spiro atoms. The van der Waals surface area contributed by atoms with Crippen LogP contribution in [0.2, 0.25) is 0 Å². The topological polar surface area (TPSA) is 180 Å². The van der Waals surface area contributed by atoms with Crippen molar-refractivity contribution in [2.75, 3.05) is 6.54 Å². The fraction of sp³-hybridized carbons (Fsp3) is 0.419. The molecule has 11 nitrogen and oxygen atoms in total. The molecule has 5 N–H and O–H groups in total. The average molecular weight is 571 g/mol. The molecule has 2 fully saturated rings. The summed E-state index contributed by atoms with van der Waals surface area (Å²) in [7, 11) is 0. The van der Waals surface area contributed by atoms with E-state index in [1.54, 1.807) is 6.92 Å². The summed E-state index contributed by atoms with van der Waals surface area (Å²) in [5.41, 5.74) is 6.62. The summed E-state index contributed by atoms with van der Waals surface area (Å²) in [4.78, 5) is 51.8. The van der Waals surface area contributed by atoms with E-state index in [4.69, 9.17) is 10.3 Å². The molecule has 5 rings (SSSR count). The van der Waals surface area contributed by atoms with Crippen molar-refractivity contribution >= 4 is 34.4 Å². The Morgan fingerprint density at radius 1 is 1.10 bits per heavy atom. The van der Waals surface area contributed by atoms with E-state index in [1.165, 1.54) is 0 Å². The zero-order valence-electron chi connectivity index (χ0n) is 23.4. The lowest BCUT2D eigenvalue weighted by Gasteiger charge is -2.24. The predicted molar refractivity (Wildman–Crippen MR) is 153 cm³/mol. The molecule has 2 aromatic carbocycles. The fourth-order valence-corrected chi connectivity index (χ4v) is 5.74. The highest BCUT2D eigenvalue weighted by molar-refractivity contribution is 5.97. The maximum atomic E-state index is 14.1. The van der Waals surface area contributed by atoms with Gasteiger partial charge in [-0.15, -0.1) is 0 Å². The quantitative estimate of drug-likeness (QED) is 0.258. The Kier molecular flexibility index (Phi) is 8.52. The second-order valence-electron chi connectivity index (χ2n) is 11.2. The number of nitrogens with one attached hydrogen (secondary N) is 3. The lowest BCUT2D eigenvalue weighted by molar-refractivity contribution is -0.130. The molecule has 1 aliphatic carbocycles. The molecule has 2 heterocycles. The Hall–Kier alpha value is -4.72. The van der Waals surface area contributed by atoms with Crippen LogP contribution in [0.3, 0.4) is 0 Å². The zero-order chi connectivity index (χ0) is 29.8. The molecule has 11 heteroatoms. The van der Waals surface area contributed by atoms with Gasteiger partial charge in [0.15, 0.2) is 5.69 Å². The number of rotatable bonds is 12. The van der Waals surface area contributed by atoms with Crippen molar-refractivity contribution in [3.05, 3.63) is 65.0 Å². The highest BCUT2D eigenvalue weighted by atomic mass is 16.5. The minimum absolute atomic E-state index is 0.127. The lowest BCUT2D eigenvalue weighted by atomic mass is 9.87. The molecule has 1 aliphatic heterocycles. The Labute approximate surface area is 243 Å². The number of nitrogens with zero attached hydrogens (tertiary/aromatic N) is 2. The zero-order valence-corrected chi connectivity index (χ0v) is 23.4. The van der Waals surface area contributed by atoms with Gasteiger partial charge in [0.1, 0.15) is 17.8 Å². The molecule has 2 aliphatic rings. The first-order chi connectivity index (χ1) is 20.2. The van der Waals surface area contributed by atoms with Gasteiger partial charge in [-0.2, -0.15) is 5.26 Å². The van der Waals surface area contributed by atoms with E-state index in [0.29, 0.717) is 19.4 Å². The van der Waals surface area contributed by atoms with Crippen LogP contribution < -0.4 is 21.7 Å². The van der Waals surface area contributed by atoms with Crippen molar-refractivity contribution < 1.29 is 23.7 Å². The van der Waals surface area contributed by atoms with Crippen LogP contribution in [-0.4, -0.2) is 47.4 Å². The molecule has 4 amide bonds. The van der Waals surface area contributed by atoms with Crippen LogP contribution in [0.5, 0.6) is 0 Å². The summed E-state index contributed by atoms with van der Waals surface area (Å²) in [5, 5.41) is 23.9. The maximum Gasteiger partial charge on any atom is 0.271 e. The third-order valence-corrected chi connectivity index (χ3v) is 8.16. The fourth-order valence-electron chi connectivity index (χ4n) is 5.74. The largest absolute Gasteiger partial charge is 0.364 e. The standard InChI is InChI=1S/C31H34N6O5/c1-17-26(27(28(33)38)37-42-17)24(15-20-7-4-6-19-5-2-3-8-23(19)20)30(40)36-25(13-18-9-10-18)31(41)35-22(16-32)14-21-11-12-34-29(21)39/h2-8,18,21-22,24-25H,9-15H2,1H3,(H2,33,38)(H,34,39)(H,35,41)(H,36,40)/t21-,22-,24-,25-/m0/s1. The summed E-state index contributed by atoms with van der Waals surface area (Å²) < 4.78 is 5.30. The summed E-state index contributed by atoms with van der Waals surface area (Å²) in [5.74, 6) is -2.64. The number of aryl methyl sites for hydroxylation is 1. The van der Waals surface area contributed by atoms with E-state index in [2.05, 4.69) is 27.2 Å². The Morgan fingerprint density at radius 2 is 1.86 bits per heavy atom. The first-order valence-corrected chi connectivity index (χ1v) is 14.3. The van der Waals surface area contributed by atoms with Gasteiger partial charge in [0.25, 0.3) is 5.91 Å².